The van der Waals surface area contributed by atoms with Gasteiger partial charge in [-0.05, 0) is 13.1 Å². The number of pyridine rings is 1. The lowest BCUT2D eigenvalue weighted by Gasteiger charge is -2.35. The molecule has 4 heterocycles. The molecule has 35 heavy (non-hydrogen) atoms. The topological polar surface area (TPSA) is 66.0 Å². The van der Waals surface area contributed by atoms with E-state index in [2.05, 4.69) is 9.88 Å². The van der Waals surface area contributed by atoms with E-state index >= 15 is 0 Å². The zero-order valence-electron chi connectivity index (χ0n) is 19.5. The number of Topliss-reactive ketones (excluding diaryl/α,β-unsaturated/α-hetero) is 1. The van der Waals surface area contributed by atoms with Gasteiger partial charge in [0.1, 0.15) is 11.9 Å². The Bertz CT molecular complexity index is 1040. The Hall–Kier alpha value is -1.82. The maximum Gasteiger partial charge on any atom is 0.417 e. The van der Waals surface area contributed by atoms with Gasteiger partial charge in [0.2, 0.25) is 0 Å². The van der Waals surface area contributed by atoms with E-state index in [1.165, 1.54) is 5.38 Å². The third kappa shape index (κ3) is 6.49. The van der Waals surface area contributed by atoms with E-state index in [9.17, 15) is 22.8 Å². The van der Waals surface area contributed by atoms with Crippen LogP contribution in [0.25, 0.3) is 10.2 Å². The van der Waals surface area contributed by atoms with Gasteiger partial charge in [-0.2, -0.15) is 13.2 Å². The van der Waals surface area contributed by atoms with Gasteiger partial charge in [0, 0.05) is 63.9 Å². The van der Waals surface area contributed by atoms with E-state index < -0.39 is 11.7 Å². The third-order valence-corrected chi connectivity index (χ3v) is 7.23. The van der Waals surface area contributed by atoms with Crippen LogP contribution in [0.15, 0.2) is 11.4 Å². The number of hydrogen-bond donors (Lipinski definition) is 0. The highest BCUT2D eigenvalue weighted by molar-refractivity contribution is 7.17. The molecule has 2 aliphatic rings. The number of rotatable bonds is 4. The van der Waals surface area contributed by atoms with Gasteiger partial charge in [0.15, 0.2) is 5.78 Å². The minimum atomic E-state index is -4.55. The molecule has 0 spiro atoms. The van der Waals surface area contributed by atoms with Crippen molar-refractivity contribution >= 4 is 64.1 Å². The number of piperidine rings is 1. The molecule has 0 N–H and O–H groups in total. The smallest absolute Gasteiger partial charge is 0.417 e. The van der Waals surface area contributed by atoms with Crippen molar-refractivity contribution < 1.29 is 27.5 Å². The monoisotopic (exact) mass is 556 g/mol. The van der Waals surface area contributed by atoms with Crippen molar-refractivity contribution in [3.63, 3.8) is 0 Å². The zero-order valence-corrected chi connectivity index (χ0v) is 21.9. The van der Waals surface area contributed by atoms with Gasteiger partial charge in [-0.15, -0.1) is 36.2 Å². The molecule has 2 aromatic heterocycles. The SMILES string of the molecule is CCC(=O)c1csc2c(C(F)(F)F)cc(N3CCC(OC(=O)N4CCN(C)CC4)CC3)nc12.Cl.Cl. The molecule has 196 valence electrons. The largest absolute Gasteiger partial charge is 0.446 e. The summed E-state index contributed by atoms with van der Waals surface area (Å²) in [7, 11) is 2.01. The normalized spacial score (nSPS) is 17.6. The summed E-state index contributed by atoms with van der Waals surface area (Å²) >= 11 is 0.900. The standard InChI is InChI=1S/C22H27F3N4O3S.2ClH/c1-3-17(30)15-13-33-20-16(22(23,24)25)12-18(26-19(15)20)28-6-4-14(5-7-28)32-21(31)29-10-8-27(2)9-11-29;;/h12-14H,3-11H2,1-2H3;2*1H. The molecule has 13 heteroatoms. The average Bonchev–Trinajstić information content (AvgIpc) is 3.22. The molecule has 0 saturated carbocycles. The molecule has 0 aliphatic carbocycles. The summed E-state index contributed by atoms with van der Waals surface area (Å²) in [6, 6.07) is 1.07. The minimum absolute atomic E-state index is 0. The number of ketones is 1. The zero-order chi connectivity index (χ0) is 23.8. The number of carbonyl (C=O) groups excluding carboxylic acids is 2. The number of piperazine rings is 1. The number of fused-ring (bicyclic) bond motifs is 1. The molecule has 1 amide bonds. The van der Waals surface area contributed by atoms with Crippen LogP contribution in [0.1, 0.15) is 42.1 Å². The van der Waals surface area contributed by atoms with Crippen LogP contribution < -0.4 is 4.90 Å². The molecule has 2 fully saturated rings. The first-order valence-electron chi connectivity index (χ1n) is 11.1. The van der Waals surface area contributed by atoms with Gasteiger partial charge in [-0.3, -0.25) is 4.79 Å². The molecule has 7 nitrogen and oxygen atoms in total. The molecule has 2 aromatic rings. The summed E-state index contributed by atoms with van der Waals surface area (Å²) in [5, 5.41) is 1.46. The van der Waals surface area contributed by atoms with Crippen molar-refractivity contribution in [1.29, 1.82) is 0 Å². The van der Waals surface area contributed by atoms with Crippen molar-refractivity contribution in [2.24, 2.45) is 0 Å². The summed E-state index contributed by atoms with van der Waals surface area (Å²) in [5.74, 6) is -0.0317. The number of alkyl halides is 3. The van der Waals surface area contributed by atoms with Gasteiger partial charge in [-0.25, -0.2) is 9.78 Å². The number of carbonyl (C=O) groups is 2. The second-order valence-electron chi connectivity index (χ2n) is 8.49. The summed E-state index contributed by atoms with van der Waals surface area (Å²) in [4.78, 5) is 34.8. The van der Waals surface area contributed by atoms with Crippen LogP contribution >= 0.6 is 36.2 Å². The van der Waals surface area contributed by atoms with Crippen LogP contribution in [0, 0.1) is 0 Å². The molecule has 2 saturated heterocycles. The van der Waals surface area contributed by atoms with Crippen LogP contribution in [0.3, 0.4) is 0 Å². The van der Waals surface area contributed by atoms with E-state index in [0.717, 1.165) is 30.5 Å². The van der Waals surface area contributed by atoms with E-state index in [-0.39, 0.29) is 70.8 Å². The van der Waals surface area contributed by atoms with Crippen LogP contribution in [-0.4, -0.2) is 79.1 Å². The predicted octanol–water partition coefficient (Wildman–Crippen LogP) is 5.10. The first kappa shape index (κ1) is 29.4. The molecule has 0 atom stereocenters. The van der Waals surface area contributed by atoms with Crippen molar-refractivity contribution in [1.82, 2.24) is 14.8 Å². The van der Waals surface area contributed by atoms with Crippen LogP contribution in [0.4, 0.5) is 23.8 Å². The van der Waals surface area contributed by atoms with Crippen molar-refractivity contribution in [2.75, 3.05) is 51.2 Å². The molecular weight excluding hydrogens is 528 g/mol. The fourth-order valence-electron chi connectivity index (χ4n) is 4.16. The second kappa shape index (κ2) is 11.9. The first-order chi connectivity index (χ1) is 15.7. The summed E-state index contributed by atoms with van der Waals surface area (Å²) in [6.45, 7) is 5.35. The summed E-state index contributed by atoms with van der Waals surface area (Å²) < 4.78 is 47.0. The highest BCUT2D eigenvalue weighted by Crippen LogP contribution is 2.40. The fraction of sp³-hybridized carbons (Fsp3) is 0.591. The van der Waals surface area contributed by atoms with E-state index in [0.29, 0.717) is 39.0 Å². The van der Waals surface area contributed by atoms with Gasteiger partial charge in [0.25, 0.3) is 0 Å². The Labute approximate surface area is 218 Å². The number of halogens is 5. The summed E-state index contributed by atoms with van der Waals surface area (Å²) in [5.41, 5.74) is -0.424. The second-order valence-corrected chi connectivity index (χ2v) is 9.37. The highest BCUT2D eigenvalue weighted by Gasteiger charge is 2.36. The number of hydrogen-bond acceptors (Lipinski definition) is 7. The Kier molecular flexibility index (Phi) is 10.0. The quantitative estimate of drug-likeness (QED) is 0.488. The average molecular weight is 557 g/mol. The van der Waals surface area contributed by atoms with Gasteiger partial charge in [-0.1, -0.05) is 6.92 Å². The van der Waals surface area contributed by atoms with E-state index in [4.69, 9.17) is 4.74 Å². The van der Waals surface area contributed by atoms with Crippen molar-refractivity contribution in [2.45, 2.75) is 38.5 Å². The lowest BCUT2D eigenvalue weighted by molar-refractivity contribution is -0.136. The molecular formula is C22H29Cl2F3N4O3S. The molecule has 0 bridgehead atoms. The lowest BCUT2D eigenvalue weighted by Crippen LogP contribution is -2.48. The lowest BCUT2D eigenvalue weighted by atomic mass is 10.1. The minimum Gasteiger partial charge on any atom is -0.446 e. The Morgan fingerprint density at radius 2 is 1.74 bits per heavy atom. The number of nitrogens with zero attached hydrogens (tertiary/aromatic N) is 4. The van der Waals surface area contributed by atoms with Gasteiger partial charge in [0.05, 0.1) is 21.3 Å². The van der Waals surface area contributed by atoms with E-state index in [1.54, 1.807) is 16.7 Å². The maximum absolute atomic E-state index is 13.8. The van der Waals surface area contributed by atoms with Crippen molar-refractivity contribution in [3.05, 3.63) is 22.6 Å². The molecule has 4 rings (SSSR count). The Morgan fingerprint density at radius 1 is 1.11 bits per heavy atom. The van der Waals surface area contributed by atoms with Gasteiger partial charge < -0.3 is 19.4 Å². The van der Waals surface area contributed by atoms with Crippen molar-refractivity contribution in [3.8, 4) is 0 Å². The number of anilines is 1. The van der Waals surface area contributed by atoms with Crippen LogP contribution in [-0.2, 0) is 10.9 Å². The Morgan fingerprint density at radius 3 is 2.31 bits per heavy atom. The first-order valence-corrected chi connectivity index (χ1v) is 12.0. The molecule has 0 radical (unpaired) electrons. The van der Waals surface area contributed by atoms with Gasteiger partial charge >= 0.3 is 12.3 Å². The highest BCUT2D eigenvalue weighted by atomic mass is 35.5. The molecule has 0 unspecified atom stereocenters. The molecule has 2 aliphatic heterocycles. The number of aromatic nitrogens is 1. The van der Waals surface area contributed by atoms with Crippen LogP contribution in [0.5, 0.6) is 0 Å². The fourth-order valence-corrected chi connectivity index (χ4v) is 5.21. The number of likely N-dealkylation sites (N-methyl/N-ethyl adjacent to an activating group) is 1. The number of amides is 1. The third-order valence-electron chi connectivity index (χ3n) is 6.23. The number of ether oxygens (including phenoxy) is 1. The van der Waals surface area contributed by atoms with Crippen LogP contribution in [0.2, 0.25) is 0 Å². The van der Waals surface area contributed by atoms with E-state index in [1.807, 2.05) is 7.05 Å². The predicted molar refractivity (Wildman–Crippen MR) is 135 cm³/mol. The number of thiophene rings is 1. The Balaban J connectivity index is 0.00000216. The maximum atomic E-state index is 13.8. The summed E-state index contributed by atoms with van der Waals surface area (Å²) in [6.07, 6.45) is -3.96. The molecule has 0 aromatic carbocycles.